The number of benzene rings is 4. The Morgan fingerprint density at radius 1 is 1.02 bits per heavy atom. The van der Waals surface area contributed by atoms with E-state index in [0.29, 0.717) is 50.0 Å². The quantitative estimate of drug-likeness (QED) is 0.152. The summed E-state index contributed by atoms with van der Waals surface area (Å²) in [7, 11) is 1.55. The van der Waals surface area contributed by atoms with Crippen molar-refractivity contribution < 1.29 is 19.0 Å². The molecular formula is C37H33ClN2O5S. The molecule has 46 heavy (non-hydrogen) atoms. The van der Waals surface area contributed by atoms with E-state index in [1.165, 1.54) is 22.1 Å². The van der Waals surface area contributed by atoms with Crippen LogP contribution < -0.4 is 24.4 Å². The Morgan fingerprint density at radius 2 is 1.80 bits per heavy atom. The number of thiazole rings is 1. The van der Waals surface area contributed by atoms with E-state index in [-0.39, 0.29) is 12.2 Å². The largest absolute Gasteiger partial charge is 0.496 e. The number of aromatic nitrogens is 1. The molecule has 0 radical (unpaired) electrons. The van der Waals surface area contributed by atoms with Gasteiger partial charge >= 0.3 is 5.97 Å². The Balaban J connectivity index is 1.38. The molecule has 0 fully saturated rings. The first-order valence-corrected chi connectivity index (χ1v) is 16.4. The van der Waals surface area contributed by atoms with E-state index in [4.69, 9.17) is 30.8 Å². The second-order valence-electron chi connectivity index (χ2n) is 10.8. The summed E-state index contributed by atoms with van der Waals surface area (Å²) in [6.07, 6.45) is 3.13. The van der Waals surface area contributed by atoms with Gasteiger partial charge in [-0.2, -0.15) is 0 Å². The minimum atomic E-state index is -0.822. The minimum absolute atomic E-state index is 0.188. The van der Waals surface area contributed by atoms with E-state index in [9.17, 15) is 9.59 Å². The number of allylic oxidation sites excluding steroid dienone is 1. The molecule has 6 rings (SSSR count). The summed E-state index contributed by atoms with van der Waals surface area (Å²) in [6.45, 7) is 4.40. The van der Waals surface area contributed by atoms with E-state index in [2.05, 4.69) is 24.3 Å². The van der Waals surface area contributed by atoms with Crippen LogP contribution in [0.1, 0.15) is 49.4 Å². The van der Waals surface area contributed by atoms with Crippen molar-refractivity contribution in [2.24, 2.45) is 4.99 Å². The van der Waals surface area contributed by atoms with Crippen molar-refractivity contribution in [3.05, 3.63) is 138 Å². The fourth-order valence-electron chi connectivity index (χ4n) is 5.73. The molecule has 0 bridgehead atoms. The number of halogens is 1. The van der Waals surface area contributed by atoms with Crippen molar-refractivity contribution in [2.75, 3.05) is 13.7 Å². The van der Waals surface area contributed by atoms with Crippen molar-refractivity contribution >= 4 is 45.8 Å². The van der Waals surface area contributed by atoms with Gasteiger partial charge in [0, 0.05) is 10.6 Å². The van der Waals surface area contributed by atoms with Gasteiger partial charge in [0.2, 0.25) is 0 Å². The van der Waals surface area contributed by atoms with Crippen LogP contribution in [0.15, 0.2) is 106 Å². The van der Waals surface area contributed by atoms with Gasteiger partial charge in [0.05, 0.1) is 29.5 Å². The third-order valence-corrected chi connectivity index (χ3v) is 9.05. The van der Waals surface area contributed by atoms with Gasteiger partial charge in [-0.15, -0.1) is 0 Å². The maximum absolute atomic E-state index is 14.1. The van der Waals surface area contributed by atoms with Crippen LogP contribution in [0.4, 0.5) is 0 Å². The number of ether oxygens (including phenoxy) is 3. The Labute approximate surface area is 275 Å². The lowest BCUT2D eigenvalue weighted by Gasteiger charge is -2.27. The molecule has 0 saturated heterocycles. The van der Waals surface area contributed by atoms with Crippen LogP contribution in [0.2, 0.25) is 5.02 Å². The second-order valence-corrected chi connectivity index (χ2v) is 12.2. The zero-order chi connectivity index (χ0) is 32.2. The number of nitrogens with zero attached hydrogens (tertiary/aromatic N) is 2. The third kappa shape index (κ3) is 6.23. The number of hydrogen-bond acceptors (Lipinski definition) is 7. The molecule has 0 unspecified atom stereocenters. The first-order valence-electron chi connectivity index (χ1n) is 15.2. The van der Waals surface area contributed by atoms with Crippen molar-refractivity contribution in [2.45, 2.75) is 39.3 Å². The number of carbonyl (C=O) groups is 1. The smallest absolute Gasteiger partial charge is 0.338 e. The number of carbonyl (C=O) groups excluding carboxylic acids is 1. The second kappa shape index (κ2) is 13.8. The van der Waals surface area contributed by atoms with Crippen molar-refractivity contribution in [3.8, 4) is 11.5 Å². The molecule has 1 aliphatic heterocycles. The molecule has 4 aromatic carbocycles. The minimum Gasteiger partial charge on any atom is -0.496 e. The first-order chi connectivity index (χ1) is 22.4. The molecule has 9 heteroatoms. The Kier molecular flexibility index (Phi) is 9.38. The fraction of sp³-hybridized carbons (Fsp3) is 0.216. The van der Waals surface area contributed by atoms with Crippen molar-refractivity contribution in [1.29, 1.82) is 0 Å². The SMILES string of the molecule is CCCC1=C(C(=O)OCC)[C@@H](c2cc(Cl)ccc2OC)n2c(s/c(=C/c3ccc(OCc4cccc5ccccc45)cc3)c2=O)=N1. The lowest BCUT2D eigenvalue weighted by Crippen LogP contribution is -2.40. The zero-order valence-electron chi connectivity index (χ0n) is 25.8. The highest BCUT2D eigenvalue weighted by molar-refractivity contribution is 7.07. The summed E-state index contributed by atoms with van der Waals surface area (Å²) in [4.78, 5) is 32.9. The Hall–Kier alpha value is -4.66. The van der Waals surface area contributed by atoms with Gasteiger partial charge in [-0.1, -0.05) is 90.9 Å². The van der Waals surface area contributed by atoms with Gasteiger partial charge in [-0.25, -0.2) is 9.79 Å². The molecule has 0 N–H and O–H groups in total. The highest BCUT2D eigenvalue weighted by atomic mass is 35.5. The maximum Gasteiger partial charge on any atom is 0.338 e. The Bertz CT molecular complexity index is 2130. The van der Waals surface area contributed by atoms with Gasteiger partial charge in [-0.3, -0.25) is 9.36 Å². The van der Waals surface area contributed by atoms with Gasteiger partial charge in [0.25, 0.3) is 5.56 Å². The summed E-state index contributed by atoms with van der Waals surface area (Å²) in [5.41, 5.74) is 3.16. The number of hydrogen-bond donors (Lipinski definition) is 0. The standard InChI is InChI=1S/C37H33ClN2O5S/c1-4-9-30-33(36(42)44-5-2)34(29-21-26(38)16-19-31(29)43-3)40-35(41)32(46-37(40)39-30)20-23-14-17-27(18-15-23)45-22-25-12-8-11-24-10-6-7-13-28(24)25/h6-8,10-21,34H,4-5,9,22H2,1-3H3/b32-20+/t34-/m1/s1. The van der Waals surface area contributed by atoms with Gasteiger partial charge in [-0.05, 0) is 71.7 Å². The average Bonchev–Trinajstić information content (AvgIpc) is 3.37. The molecule has 0 aliphatic carbocycles. The monoisotopic (exact) mass is 652 g/mol. The highest BCUT2D eigenvalue weighted by Crippen LogP contribution is 2.38. The summed E-state index contributed by atoms with van der Waals surface area (Å²) >= 11 is 7.72. The molecule has 0 amide bonds. The van der Waals surface area contributed by atoms with Crippen molar-refractivity contribution in [3.63, 3.8) is 0 Å². The molecule has 1 atom stereocenters. The van der Waals surface area contributed by atoms with Crippen LogP contribution in [-0.2, 0) is 16.1 Å². The first kappa shape index (κ1) is 31.3. The molecule has 0 spiro atoms. The topological polar surface area (TPSA) is 79.1 Å². The molecule has 1 aliphatic rings. The summed E-state index contributed by atoms with van der Waals surface area (Å²) in [5.74, 6) is 0.709. The van der Waals surface area contributed by atoms with Crippen LogP contribution in [0.3, 0.4) is 0 Å². The predicted octanol–water partition coefficient (Wildman–Crippen LogP) is 6.97. The normalized spacial score (nSPS) is 14.6. The molecule has 2 heterocycles. The molecule has 1 aromatic heterocycles. The molecule has 0 saturated carbocycles. The fourth-order valence-corrected chi connectivity index (χ4v) is 6.93. The van der Waals surface area contributed by atoms with E-state index in [0.717, 1.165) is 23.3 Å². The highest BCUT2D eigenvalue weighted by Gasteiger charge is 2.36. The van der Waals surface area contributed by atoms with Gasteiger partial charge in [0.1, 0.15) is 24.1 Å². The molecule has 7 nitrogen and oxygen atoms in total. The summed E-state index contributed by atoms with van der Waals surface area (Å²) < 4.78 is 19.3. The van der Waals surface area contributed by atoms with E-state index >= 15 is 0 Å². The molecule has 234 valence electrons. The number of methoxy groups -OCH3 is 1. The average molecular weight is 653 g/mol. The van der Waals surface area contributed by atoms with Gasteiger partial charge in [0.15, 0.2) is 4.80 Å². The molecular weight excluding hydrogens is 620 g/mol. The number of fused-ring (bicyclic) bond motifs is 2. The van der Waals surface area contributed by atoms with E-state index < -0.39 is 12.0 Å². The third-order valence-electron chi connectivity index (χ3n) is 7.83. The predicted molar refractivity (Wildman–Crippen MR) is 182 cm³/mol. The Morgan fingerprint density at radius 3 is 2.57 bits per heavy atom. The lowest BCUT2D eigenvalue weighted by atomic mass is 9.93. The van der Waals surface area contributed by atoms with Crippen LogP contribution in [-0.4, -0.2) is 24.3 Å². The van der Waals surface area contributed by atoms with E-state index in [1.807, 2.05) is 55.5 Å². The summed E-state index contributed by atoms with van der Waals surface area (Å²) in [5, 5.41) is 2.80. The van der Waals surface area contributed by atoms with Crippen molar-refractivity contribution in [1.82, 2.24) is 4.57 Å². The van der Waals surface area contributed by atoms with Crippen LogP contribution >= 0.6 is 22.9 Å². The lowest BCUT2D eigenvalue weighted by molar-refractivity contribution is -0.139. The number of rotatable bonds is 10. The van der Waals surface area contributed by atoms with Gasteiger partial charge < -0.3 is 14.2 Å². The van der Waals surface area contributed by atoms with E-state index in [1.54, 1.807) is 36.8 Å². The molecule has 5 aromatic rings. The van der Waals surface area contributed by atoms with Crippen LogP contribution in [0.25, 0.3) is 16.8 Å². The zero-order valence-corrected chi connectivity index (χ0v) is 27.4. The maximum atomic E-state index is 14.1. The van der Waals surface area contributed by atoms with Crippen LogP contribution in [0, 0.1) is 0 Å². The summed E-state index contributed by atoms with van der Waals surface area (Å²) in [6, 6.07) is 26.4. The number of esters is 1. The van der Waals surface area contributed by atoms with Crippen LogP contribution in [0.5, 0.6) is 11.5 Å².